The van der Waals surface area contributed by atoms with Crippen molar-refractivity contribution in [2.75, 3.05) is 20.1 Å². The van der Waals surface area contributed by atoms with E-state index in [1.54, 1.807) is 24.3 Å². The number of nitrogens with zero attached hydrogens (tertiary/aromatic N) is 2. The van der Waals surface area contributed by atoms with Crippen LogP contribution in [0.1, 0.15) is 17.5 Å². The summed E-state index contributed by atoms with van der Waals surface area (Å²) in [6, 6.07) is 16.9. The maximum Gasteiger partial charge on any atom is 0.420 e. The highest BCUT2D eigenvalue weighted by atomic mass is 16.8. The van der Waals surface area contributed by atoms with Crippen LogP contribution in [0.15, 0.2) is 78.9 Å². The molecule has 0 atom stereocenters. The predicted molar refractivity (Wildman–Crippen MR) is 133 cm³/mol. The quantitative estimate of drug-likeness (QED) is 0.524. The Bertz CT molecular complexity index is 1280. The summed E-state index contributed by atoms with van der Waals surface area (Å²) >= 11 is 0. The van der Waals surface area contributed by atoms with Gasteiger partial charge in [-0.3, -0.25) is 0 Å². The number of carbonyl (C=O) groups is 4. The summed E-state index contributed by atoms with van der Waals surface area (Å²) in [5.41, 5.74) is 1.75. The van der Waals surface area contributed by atoms with Crippen molar-refractivity contribution in [3.05, 3.63) is 90.0 Å². The van der Waals surface area contributed by atoms with Crippen molar-refractivity contribution in [3.63, 3.8) is 0 Å². The number of esters is 4. The number of ether oxygens (including phenoxy) is 5. The SMILES string of the molecule is CN1CCCN(Cc2ccc(OCc3ccccc3)cc2)C2(OC(=O)C=CC(=O)O2)C12OC(=O)C=CC(=O)O2. The summed E-state index contributed by atoms with van der Waals surface area (Å²) in [5.74, 6) is -8.05. The minimum Gasteiger partial charge on any atom is -0.489 e. The molecule has 0 radical (unpaired) electrons. The molecule has 202 valence electrons. The Morgan fingerprint density at radius 1 is 0.692 bits per heavy atom. The molecule has 0 amide bonds. The molecule has 0 N–H and O–H groups in total. The maximum absolute atomic E-state index is 12.7. The summed E-state index contributed by atoms with van der Waals surface area (Å²) in [4.78, 5) is 53.5. The van der Waals surface area contributed by atoms with Crippen LogP contribution in [0.25, 0.3) is 0 Å². The fraction of sp³-hybridized carbons (Fsp3) is 0.286. The second kappa shape index (κ2) is 10.7. The topological polar surface area (TPSA) is 121 Å². The molecular weight excluding hydrogens is 508 g/mol. The summed E-state index contributed by atoms with van der Waals surface area (Å²) in [7, 11) is 1.51. The molecule has 0 bridgehead atoms. The molecule has 11 nitrogen and oxygen atoms in total. The van der Waals surface area contributed by atoms with Gasteiger partial charge in [-0.05, 0) is 36.7 Å². The Morgan fingerprint density at radius 3 is 1.79 bits per heavy atom. The molecular formula is C28H26N2O9. The van der Waals surface area contributed by atoms with E-state index in [0.29, 0.717) is 18.8 Å². The third-order valence-electron chi connectivity index (χ3n) is 6.45. The largest absolute Gasteiger partial charge is 0.489 e. The minimum atomic E-state index is -2.46. The van der Waals surface area contributed by atoms with Crippen LogP contribution in [-0.2, 0) is 51.3 Å². The number of benzene rings is 2. The zero-order valence-electron chi connectivity index (χ0n) is 21.1. The van der Waals surface area contributed by atoms with Crippen molar-refractivity contribution >= 4 is 23.9 Å². The fourth-order valence-corrected chi connectivity index (χ4v) is 4.61. The average molecular weight is 535 g/mol. The average Bonchev–Trinajstić information content (AvgIpc) is 3.23. The Morgan fingerprint density at radius 2 is 1.23 bits per heavy atom. The molecule has 3 heterocycles. The predicted octanol–water partition coefficient (Wildman–Crippen LogP) is 2.02. The summed E-state index contributed by atoms with van der Waals surface area (Å²) in [6.45, 7) is 0.931. The molecule has 3 aliphatic rings. The summed E-state index contributed by atoms with van der Waals surface area (Å²) < 4.78 is 28.5. The van der Waals surface area contributed by atoms with Gasteiger partial charge in [0.1, 0.15) is 12.4 Å². The first-order valence-corrected chi connectivity index (χ1v) is 12.3. The van der Waals surface area contributed by atoms with Gasteiger partial charge in [0.05, 0.1) is 0 Å². The lowest BCUT2D eigenvalue weighted by molar-refractivity contribution is -0.441. The Kier molecular flexibility index (Phi) is 7.18. The fourth-order valence-electron chi connectivity index (χ4n) is 4.61. The van der Waals surface area contributed by atoms with Crippen LogP contribution in [0.2, 0.25) is 0 Å². The molecule has 1 saturated heterocycles. The second-order valence-electron chi connectivity index (χ2n) is 9.13. The van der Waals surface area contributed by atoms with Gasteiger partial charge in [0.2, 0.25) is 0 Å². The lowest BCUT2D eigenvalue weighted by Gasteiger charge is -2.49. The highest BCUT2D eigenvalue weighted by Gasteiger charge is 2.72. The summed E-state index contributed by atoms with van der Waals surface area (Å²) in [5, 5.41) is 0. The highest BCUT2D eigenvalue weighted by Crippen LogP contribution is 2.43. The molecule has 2 spiro atoms. The zero-order valence-corrected chi connectivity index (χ0v) is 21.1. The van der Waals surface area contributed by atoms with E-state index in [1.807, 2.05) is 30.3 Å². The van der Waals surface area contributed by atoms with E-state index in [2.05, 4.69) is 0 Å². The van der Waals surface area contributed by atoms with Crippen molar-refractivity contribution in [2.24, 2.45) is 0 Å². The third kappa shape index (κ3) is 5.27. The molecule has 0 aromatic heterocycles. The van der Waals surface area contributed by atoms with Crippen molar-refractivity contribution < 1.29 is 42.9 Å². The van der Waals surface area contributed by atoms with Crippen molar-refractivity contribution in [3.8, 4) is 5.75 Å². The first-order chi connectivity index (χ1) is 18.8. The maximum atomic E-state index is 12.7. The van der Waals surface area contributed by atoms with Crippen molar-refractivity contribution in [1.29, 1.82) is 0 Å². The monoisotopic (exact) mass is 534 g/mol. The first-order valence-electron chi connectivity index (χ1n) is 12.3. The lowest BCUT2D eigenvalue weighted by Crippen LogP contribution is -2.74. The van der Waals surface area contributed by atoms with E-state index in [0.717, 1.165) is 35.4 Å². The molecule has 5 rings (SSSR count). The smallest absolute Gasteiger partial charge is 0.420 e. The Labute approximate surface area is 224 Å². The van der Waals surface area contributed by atoms with Crippen LogP contribution in [0.4, 0.5) is 0 Å². The Hall–Kier alpha value is -4.48. The molecule has 3 aliphatic heterocycles. The van der Waals surface area contributed by atoms with Crippen molar-refractivity contribution in [1.82, 2.24) is 9.80 Å². The van der Waals surface area contributed by atoms with E-state index in [4.69, 9.17) is 23.7 Å². The number of hydrogen-bond donors (Lipinski definition) is 0. The molecule has 11 heteroatoms. The van der Waals surface area contributed by atoms with Crippen LogP contribution < -0.4 is 4.74 Å². The number of likely N-dealkylation sites (N-methyl/N-ethyl adjacent to an activating group) is 1. The van der Waals surface area contributed by atoms with Crippen molar-refractivity contribution in [2.45, 2.75) is 31.4 Å². The molecule has 1 fully saturated rings. The van der Waals surface area contributed by atoms with Gasteiger partial charge in [-0.2, -0.15) is 0 Å². The van der Waals surface area contributed by atoms with E-state index in [1.165, 1.54) is 16.8 Å². The zero-order chi connectivity index (χ0) is 27.5. The van der Waals surface area contributed by atoms with Gasteiger partial charge in [0, 0.05) is 43.9 Å². The van der Waals surface area contributed by atoms with Gasteiger partial charge < -0.3 is 23.7 Å². The van der Waals surface area contributed by atoms with Gasteiger partial charge in [0.25, 0.3) is 0 Å². The van der Waals surface area contributed by atoms with Gasteiger partial charge in [-0.1, -0.05) is 42.5 Å². The van der Waals surface area contributed by atoms with Gasteiger partial charge >= 0.3 is 35.7 Å². The molecule has 39 heavy (non-hydrogen) atoms. The van der Waals surface area contributed by atoms with Gasteiger partial charge in [-0.15, -0.1) is 0 Å². The standard InChI is InChI=1S/C28H26N2O9/c1-29-16-5-17-30(18-20-8-10-22(11-9-20)35-19-21-6-3-2-4-7-21)28(38-25(33)14-15-26(34)39-28)27(29)36-23(31)12-13-24(32)37-27/h2-4,6-15H,5,16-19H2,1H3. The van der Waals surface area contributed by atoms with Crippen LogP contribution >= 0.6 is 0 Å². The van der Waals surface area contributed by atoms with E-state index >= 15 is 0 Å². The van der Waals surface area contributed by atoms with E-state index in [9.17, 15) is 19.2 Å². The minimum absolute atomic E-state index is 0.0671. The molecule has 0 saturated carbocycles. The van der Waals surface area contributed by atoms with Crippen LogP contribution in [0, 0.1) is 0 Å². The van der Waals surface area contributed by atoms with E-state index in [-0.39, 0.29) is 19.6 Å². The van der Waals surface area contributed by atoms with Gasteiger partial charge in [0.15, 0.2) is 0 Å². The normalized spacial score (nSPS) is 20.8. The van der Waals surface area contributed by atoms with Crippen LogP contribution in [0.3, 0.4) is 0 Å². The molecule has 0 unspecified atom stereocenters. The number of hydrogen-bond acceptors (Lipinski definition) is 11. The number of rotatable bonds is 5. The van der Waals surface area contributed by atoms with Crippen LogP contribution in [0.5, 0.6) is 5.75 Å². The lowest BCUT2D eigenvalue weighted by atomic mass is 10.1. The molecule has 2 aromatic carbocycles. The van der Waals surface area contributed by atoms with Gasteiger partial charge in [-0.25, -0.2) is 29.0 Å². The Balaban J connectivity index is 1.48. The molecule has 0 aliphatic carbocycles. The highest BCUT2D eigenvalue weighted by molar-refractivity contribution is 5.95. The number of fused-ring (bicyclic) bond motifs is 1. The molecule has 2 aromatic rings. The third-order valence-corrected chi connectivity index (χ3v) is 6.45. The number of carbonyl (C=O) groups excluding carboxylic acids is 4. The summed E-state index contributed by atoms with van der Waals surface area (Å²) in [6.07, 6.45) is 4.03. The second-order valence-corrected chi connectivity index (χ2v) is 9.13. The van der Waals surface area contributed by atoms with E-state index < -0.39 is 35.7 Å². The first kappa shape index (κ1) is 26.1. The van der Waals surface area contributed by atoms with Crippen LogP contribution in [-0.4, -0.2) is 65.6 Å².